The highest BCUT2D eigenvalue weighted by molar-refractivity contribution is 8.08. The Kier molecular flexibility index (Phi) is 4.52. The predicted octanol–water partition coefficient (Wildman–Crippen LogP) is 6.16. The second-order valence-corrected chi connectivity index (χ2v) is 11.1. The molecule has 0 spiro atoms. The standard InChI is InChI=1S/C24H24O2S2/c1-2-28(25,26)23-14-13-20-19-10-9-16-6-3-4-7-17(16)18(19)11-12-21(20)24(23)22-8-5-15-27-22/h4,7-8,11-14H,2-3,5-6,9-10,15H2,1H3. The van der Waals surface area contributed by atoms with E-state index < -0.39 is 9.84 Å². The summed E-state index contributed by atoms with van der Waals surface area (Å²) in [5.41, 5.74) is 6.64. The zero-order valence-corrected chi connectivity index (χ0v) is 17.8. The molecule has 0 bridgehead atoms. The van der Waals surface area contributed by atoms with Gasteiger partial charge in [-0.2, -0.15) is 0 Å². The van der Waals surface area contributed by atoms with Crippen LogP contribution in [0.5, 0.6) is 0 Å². The van der Waals surface area contributed by atoms with Crippen LogP contribution in [-0.4, -0.2) is 19.9 Å². The van der Waals surface area contributed by atoms with E-state index in [1.807, 2.05) is 6.07 Å². The van der Waals surface area contributed by atoms with Crippen molar-refractivity contribution in [2.75, 3.05) is 11.5 Å². The van der Waals surface area contributed by atoms with Crippen LogP contribution < -0.4 is 0 Å². The summed E-state index contributed by atoms with van der Waals surface area (Å²) in [6, 6.07) is 8.31. The van der Waals surface area contributed by atoms with Crippen LogP contribution in [0.4, 0.5) is 0 Å². The summed E-state index contributed by atoms with van der Waals surface area (Å²) in [7, 11) is -3.27. The minimum atomic E-state index is -3.27. The Hall–Kier alpha value is -1.78. The van der Waals surface area contributed by atoms with Crippen LogP contribution in [0.1, 0.15) is 49.3 Å². The summed E-state index contributed by atoms with van der Waals surface area (Å²) >= 11 is 1.78. The van der Waals surface area contributed by atoms with E-state index in [1.165, 1.54) is 28.5 Å². The van der Waals surface area contributed by atoms with Gasteiger partial charge in [-0.25, -0.2) is 8.42 Å². The fourth-order valence-electron chi connectivity index (χ4n) is 4.76. The van der Waals surface area contributed by atoms with E-state index in [2.05, 4.69) is 36.4 Å². The van der Waals surface area contributed by atoms with Gasteiger partial charge in [-0.05, 0) is 65.6 Å². The monoisotopic (exact) mass is 408 g/mol. The molecule has 2 aromatic rings. The second-order valence-electron chi connectivity index (χ2n) is 7.69. The summed E-state index contributed by atoms with van der Waals surface area (Å²) in [6.07, 6.45) is 12.3. The summed E-state index contributed by atoms with van der Waals surface area (Å²) in [4.78, 5) is 1.63. The third-order valence-electron chi connectivity index (χ3n) is 6.19. The first-order valence-corrected chi connectivity index (χ1v) is 12.8. The molecule has 1 aliphatic heterocycles. The fraction of sp³-hybridized carbons (Fsp3) is 0.333. The molecule has 0 unspecified atom stereocenters. The summed E-state index contributed by atoms with van der Waals surface area (Å²) in [5, 5.41) is 2.32. The van der Waals surface area contributed by atoms with Gasteiger partial charge in [0.25, 0.3) is 0 Å². The van der Waals surface area contributed by atoms with E-state index in [0.29, 0.717) is 4.90 Å². The van der Waals surface area contributed by atoms with Crippen molar-refractivity contribution in [1.82, 2.24) is 0 Å². The highest BCUT2D eigenvalue weighted by Gasteiger charge is 2.26. The maximum atomic E-state index is 12.8. The molecule has 2 nitrogen and oxygen atoms in total. The molecule has 0 saturated carbocycles. The zero-order valence-electron chi connectivity index (χ0n) is 16.1. The molecule has 0 saturated heterocycles. The maximum Gasteiger partial charge on any atom is 0.178 e. The molecule has 0 amide bonds. The molecule has 144 valence electrons. The smallest absolute Gasteiger partial charge is 0.178 e. The molecule has 3 aliphatic rings. The van der Waals surface area contributed by atoms with Crippen LogP contribution in [-0.2, 0) is 16.3 Å². The summed E-state index contributed by atoms with van der Waals surface area (Å²) in [6.45, 7) is 1.73. The number of benzene rings is 2. The van der Waals surface area contributed by atoms with Crippen LogP contribution in [0, 0.1) is 0 Å². The molecule has 0 atom stereocenters. The first-order valence-electron chi connectivity index (χ1n) is 10.1. The molecule has 0 N–H and O–H groups in total. The minimum Gasteiger partial charge on any atom is -0.224 e. The summed E-state index contributed by atoms with van der Waals surface area (Å²) in [5.74, 6) is 1.17. The molecule has 4 heteroatoms. The number of thioether (sulfide) groups is 1. The molecular formula is C24H24O2S2. The quantitative estimate of drug-likeness (QED) is 0.610. The van der Waals surface area contributed by atoms with Crippen LogP contribution in [0.15, 0.2) is 53.0 Å². The largest absolute Gasteiger partial charge is 0.224 e. The average Bonchev–Trinajstić information content (AvgIpc) is 3.26. The van der Waals surface area contributed by atoms with Gasteiger partial charge in [0.05, 0.1) is 10.6 Å². The van der Waals surface area contributed by atoms with Crippen molar-refractivity contribution in [1.29, 1.82) is 0 Å². The van der Waals surface area contributed by atoms with Gasteiger partial charge >= 0.3 is 0 Å². The van der Waals surface area contributed by atoms with Gasteiger partial charge in [0.15, 0.2) is 9.84 Å². The van der Waals surface area contributed by atoms with E-state index in [4.69, 9.17) is 0 Å². The highest BCUT2D eigenvalue weighted by atomic mass is 32.2. The number of fused-ring (bicyclic) bond motifs is 4. The van der Waals surface area contributed by atoms with Crippen molar-refractivity contribution in [3.05, 3.63) is 64.8 Å². The van der Waals surface area contributed by atoms with Crippen molar-refractivity contribution in [2.24, 2.45) is 0 Å². The van der Waals surface area contributed by atoms with Crippen molar-refractivity contribution in [3.63, 3.8) is 0 Å². The van der Waals surface area contributed by atoms with Crippen LogP contribution in [0.2, 0.25) is 0 Å². The molecule has 1 heterocycles. The highest BCUT2D eigenvalue weighted by Crippen LogP contribution is 2.45. The van der Waals surface area contributed by atoms with Gasteiger partial charge in [0.1, 0.15) is 0 Å². The van der Waals surface area contributed by atoms with Crippen LogP contribution >= 0.6 is 11.8 Å². The number of aryl methyl sites for hydroxylation is 1. The Morgan fingerprint density at radius 2 is 1.86 bits per heavy atom. The Morgan fingerprint density at radius 1 is 1.00 bits per heavy atom. The fourth-order valence-corrected chi connectivity index (χ4v) is 7.00. The number of allylic oxidation sites excluding steroid dienone is 5. The Bertz CT molecular complexity index is 1180. The topological polar surface area (TPSA) is 34.1 Å². The molecule has 0 aromatic heterocycles. The van der Waals surface area contributed by atoms with Crippen LogP contribution in [0.3, 0.4) is 0 Å². The van der Waals surface area contributed by atoms with Crippen molar-refractivity contribution in [2.45, 2.75) is 43.9 Å². The maximum absolute atomic E-state index is 12.8. The first-order chi connectivity index (χ1) is 13.6. The third kappa shape index (κ3) is 2.81. The molecule has 0 fully saturated rings. The normalized spacial score (nSPS) is 19.0. The average molecular weight is 409 g/mol. The predicted molar refractivity (Wildman–Crippen MR) is 120 cm³/mol. The molecule has 5 rings (SSSR count). The number of sulfone groups is 1. The zero-order chi connectivity index (χ0) is 19.3. The number of hydrogen-bond donors (Lipinski definition) is 0. The van der Waals surface area contributed by atoms with E-state index >= 15 is 0 Å². The first kappa shape index (κ1) is 18.3. The van der Waals surface area contributed by atoms with Crippen molar-refractivity contribution < 1.29 is 8.42 Å². The molecule has 2 aliphatic carbocycles. The summed E-state index contributed by atoms with van der Waals surface area (Å²) < 4.78 is 25.7. The lowest BCUT2D eigenvalue weighted by Gasteiger charge is -2.26. The SMILES string of the molecule is CCS(=O)(=O)c1ccc2c3c(ccc2c1C1=CCCS1)C1=C(CCC=C1)CC3. The van der Waals surface area contributed by atoms with Crippen molar-refractivity contribution >= 4 is 42.8 Å². The lowest BCUT2D eigenvalue weighted by atomic mass is 9.79. The minimum absolute atomic E-state index is 0.134. The molecular weight excluding hydrogens is 384 g/mol. The molecule has 2 aromatic carbocycles. The number of rotatable bonds is 3. The van der Waals surface area contributed by atoms with E-state index in [1.54, 1.807) is 24.3 Å². The van der Waals surface area contributed by atoms with Crippen molar-refractivity contribution in [3.8, 4) is 0 Å². The lowest BCUT2D eigenvalue weighted by molar-refractivity contribution is 0.597. The van der Waals surface area contributed by atoms with E-state index in [-0.39, 0.29) is 5.75 Å². The van der Waals surface area contributed by atoms with Gasteiger partial charge in [-0.15, -0.1) is 11.8 Å². The molecule has 28 heavy (non-hydrogen) atoms. The van der Waals surface area contributed by atoms with Gasteiger partial charge in [0, 0.05) is 16.2 Å². The van der Waals surface area contributed by atoms with Crippen LogP contribution in [0.25, 0.3) is 21.3 Å². The Labute approximate surface area is 171 Å². The van der Waals surface area contributed by atoms with Gasteiger partial charge in [-0.1, -0.05) is 48.9 Å². The molecule has 0 radical (unpaired) electrons. The lowest BCUT2D eigenvalue weighted by Crippen LogP contribution is -2.10. The second kappa shape index (κ2) is 6.93. The third-order valence-corrected chi connectivity index (χ3v) is 9.08. The number of hydrogen-bond acceptors (Lipinski definition) is 3. The van der Waals surface area contributed by atoms with Gasteiger partial charge < -0.3 is 0 Å². The van der Waals surface area contributed by atoms with E-state index in [9.17, 15) is 8.42 Å². The van der Waals surface area contributed by atoms with Gasteiger partial charge in [-0.3, -0.25) is 0 Å². The Balaban J connectivity index is 1.81. The Morgan fingerprint density at radius 3 is 2.64 bits per heavy atom. The van der Waals surface area contributed by atoms with E-state index in [0.717, 1.165) is 47.3 Å². The van der Waals surface area contributed by atoms with Gasteiger partial charge in [0.2, 0.25) is 0 Å².